The molecule has 0 bridgehead atoms. The monoisotopic (exact) mass is 266 g/mol. The molecule has 1 aliphatic rings. The third-order valence-corrected chi connectivity index (χ3v) is 3.65. The summed E-state index contributed by atoms with van der Waals surface area (Å²) >= 11 is 0. The first-order chi connectivity index (χ1) is 9.54. The Hall–Kier alpha value is -2.29. The zero-order valence-electron chi connectivity index (χ0n) is 11.9. The summed E-state index contributed by atoms with van der Waals surface area (Å²) in [7, 11) is 0. The van der Waals surface area contributed by atoms with E-state index in [0.29, 0.717) is 11.5 Å². The third-order valence-electron chi connectivity index (χ3n) is 3.65. The van der Waals surface area contributed by atoms with Gasteiger partial charge in [0.05, 0.1) is 22.6 Å². The number of aryl methyl sites for hydroxylation is 1. The predicted molar refractivity (Wildman–Crippen MR) is 82.9 cm³/mol. The smallest absolute Gasteiger partial charge is 0.257 e. The first-order valence-corrected chi connectivity index (χ1v) is 6.87. The molecule has 1 aliphatic heterocycles. The summed E-state index contributed by atoms with van der Waals surface area (Å²) in [6.45, 7) is 6.31. The summed E-state index contributed by atoms with van der Waals surface area (Å²) < 4.78 is 0. The van der Waals surface area contributed by atoms with Crippen LogP contribution in [0.25, 0.3) is 0 Å². The summed E-state index contributed by atoms with van der Waals surface area (Å²) in [5.74, 6) is 0.373. The SMILES string of the molecule is Cc1ccc2c(c1)NC(=O)c1ccc(C(C)C)cc1N2. The quantitative estimate of drug-likeness (QED) is 0.801. The highest BCUT2D eigenvalue weighted by atomic mass is 16.1. The van der Waals surface area contributed by atoms with E-state index in [0.717, 1.165) is 22.6 Å². The van der Waals surface area contributed by atoms with Gasteiger partial charge in [0, 0.05) is 0 Å². The molecule has 2 aromatic rings. The van der Waals surface area contributed by atoms with Crippen molar-refractivity contribution in [3.8, 4) is 0 Å². The van der Waals surface area contributed by atoms with Crippen LogP contribution in [0.4, 0.5) is 17.1 Å². The summed E-state index contributed by atoms with van der Waals surface area (Å²) in [5, 5.41) is 6.34. The van der Waals surface area contributed by atoms with E-state index in [1.54, 1.807) is 0 Å². The van der Waals surface area contributed by atoms with Crippen LogP contribution in [0.2, 0.25) is 0 Å². The van der Waals surface area contributed by atoms with E-state index in [9.17, 15) is 4.79 Å². The van der Waals surface area contributed by atoms with Crippen molar-refractivity contribution < 1.29 is 4.79 Å². The molecular formula is C17H18N2O. The van der Waals surface area contributed by atoms with E-state index in [2.05, 4.69) is 30.5 Å². The molecule has 0 saturated heterocycles. The fourth-order valence-electron chi connectivity index (χ4n) is 2.43. The van der Waals surface area contributed by atoms with Crippen molar-refractivity contribution >= 4 is 23.0 Å². The largest absolute Gasteiger partial charge is 0.353 e. The number of benzene rings is 2. The molecule has 20 heavy (non-hydrogen) atoms. The zero-order chi connectivity index (χ0) is 14.3. The summed E-state index contributed by atoms with van der Waals surface area (Å²) in [4.78, 5) is 12.3. The molecule has 0 spiro atoms. The van der Waals surface area contributed by atoms with Gasteiger partial charge in [-0.25, -0.2) is 0 Å². The van der Waals surface area contributed by atoms with Crippen LogP contribution in [-0.4, -0.2) is 5.91 Å². The van der Waals surface area contributed by atoms with E-state index in [1.165, 1.54) is 5.56 Å². The molecule has 0 aliphatic carbocycles. The lowest BCUT2D eigenvalue weighted by atomic mass is 10.00. The van der Waals surface area contributed by atoms with E-state index >= 15 is 0 Å². The van der Waals surface area contributed by atoms with Gasteiger partial charge in [0.1, 0.15) is 0 Å². The second-order valence-corrected chi connectivity index (χ2v) is 5.59. The minimum absolute atomic E-state index is 0.0628. The number of rotatable bonds is 1. The Kier molecular flexibility index (Phi) is 2.97. The number of carbonyl (C=O) groups is 1. The molecule has 2 aromatic carbocycles. The highest BCUT2D eigenvalue weighted by Crippen LogP contribution is 2.34. The van der Waals surface area contributed by atoms with Crippen LogP contribution in [0.3, 0.4) is 0 Å². The Bertz CT molecular complexity index is 689. The normalized spacial score (nSPS) is 13.1. The van der Waals surface area contributed by atoms with Gasteiger partial charge in [-0.15, -0.1) is 0 Å². The topological polar surface area (TPSA) is 41.1 Å². The molecule has 102 valence electrons. The van der Waals surface area contributed by atoms with Crippen molar-refractivity contribution in [2.75, 3.05) is 10.6 Å². The molecule has 0 saturated carbocycles. The number of carbonyl (C=O) groups excluding carboxylic acids is 1. The lowest BCUT2D eigenvalue weighted by molar-refractivity contribution is 0.102. The van der Waals surface area contributed by atoms with Crippen LogP contribution < -0.4 is 10.6 Å². The Balaban J connectivity index is 2.12. The van der Waals surface area contributed by atoms with Crippen molar-refractivity contribution in [1.82, 2.24) is 0 Å². The van der Waals surface area contributed by atoms with Gasteiger partial charge in [0.2, 0.25) is 0 Å². The number of nitrogens with one attached hydrogen (secondary N) is 2. The number of amides is 1. The molecule has 3 heteroatoms. The average molecular weight is 266 g/mol. The van der Waals surface area contributed by atoms with Crippen LogP contribution >= 0.6 is 0 Å². The second-order valence-electron chi connectivity index (χ2n) is 5.59. The lowest BCUT2D eigenvalue weighted by Gasteiger charge is -2.12. The lowest BCUT2D eigenvalue weighted by Crippen LogP contribution is -2.11. The van der Waals surface area contributed by atoms with Gasteiger partial charge in [-0.3, -0.25) is 4.79 Å². The fraction of sp³-hybridized carbons (Fsp3) is 0.235. The maximum Gasteiger partial charge on any atom is 0.257 e. The molecule has 0 fully saturated rings. The van der Waals surface area contributed by atoms with Crippen molar-refractivity contribution in [3.63, 3.8) is 0 Å². The molecule has 0 unspecified atom stereocenters. The number of anilines is 3. The number of hydrogen-bond donors (Lipinski definition) is 2. The molecular weight excluding hydrogens is 248 g/mol. The highest BCUT2D eigenvalue weighted by Gasteiger charge is 2.19. The summed E-state index contributed by atoms with van der Waals surface area (Å²) in [6.07, 6.45) is 0. The average Bonchev–Trinajstić information content (AvgIpc) is 2.54. The highest BCUT2D eigenvalue weighted by molar-refractivity contribution is 6.12. The summed E-state index contributed by atoms with van der Waals surface area (Å²) in [5.41, 5.74) is 5.67. The maximum absolute atomic E-state index is 12.3. The van der Waals surface area contributed by atoms with Crippen molar-refractivity contribution in [1.29, 1.82) is 0 Å². The fourth-order valence-corrected chi connectivity index (χ4v) is 2.43. The minimum atomic E-state index is -0.0628. The van der Waals surface area contributed by atoms with E-state index in [4.69, 9.17) is 0 Å². The molecule has 2 N–H and O–H groups in total. The van der Waals surface area contributed by atoms with Crippen LogP contribution in [0, 0.1) is 6.92 Å². The first kappa shape index (κ1) is 12.7. The van der Waals surface area contributed by atoms with Gasteiger partial charge in [0.15, 0.2) is 0 Å². The van der Waals surface area contributed by atoms with E-state index < -0.39 is 0 Å². The second kappa shape index (κ2) is 4.67. The molecule has 0 radical (unpaired) electrons. The van der Waals surface area contributed by atoms with Gasteiger partial charge in [-0.2, -0.15) is 0 Å². The molecule has 1 heterocycles. The van der Waals surface area contributed by atoms with Gasteiger partial charge >= 0.3 is 0 Å². The van der Waals surface area contributed by atoms with Crippen LogP contribution in [-0.2, 0) is 0 Å². The van der Waals surface area contributed by atoms with Crippen LogP contribution in [0.1, 0.15) is 41.3 Å². The van der Waals surface area contributed by atoms with Crippen molar-refractivity contribution in [2.24, 2.45) is 0 Å². The summed E-state index contributed by atoms with van der Waals surface area (Å²) in [6, 6.07) is 12.0. The van der Waals surface area contributed by atoms with E-state index in [1.807, 2.05) is 37.3 Å². The van der Waals surface area contributed by atoms with Crippen molar-refractivity contribution in [3.05, 3.63) is 53.1 Å². The Morgan fingerprint density at radius 1 is 0.900 bits per heavy atom. The number of fused-ring (bicyclic) bond motifs is 2. The molecule has 0 aromatic heterocycles. The molecule has 1 amide bonds. The number of hydrogen-bond acceptors (Lipinski definition) is 2. The standard InChI is InChI=1S/C17H18N2O/c1-10(2)12-5-6-13-15(9-12)18-14-7-4-11(3)8-16(14)19-17(13)20/h4-10,18H,1-3H3,(H,19,20). The Morgan fingerprint density at radius 2 is 1.70 bits per heavy atom. The van der Waals surface area contributed by atoms with Gasteiger partial charge in [0.25, 0.3) is 5.91 Å². The molecule has 3 rings (SSSR count). The zero-order valence-corrected chi connectivity index (χ0v) is 11.9. The Morgan fingerprint density at radius 3 is 2.45 bits per heavy atom. The van der Waals surface area contributed by atoms with Gasteiger partial charge in [-0.1, -0.05) is 26.0 Å². The Labute approximate surface area is 119 Å². The predicted octanol–water partition coefficient (Wildman–Crippen LogP) is 4.43. The van der Waals surface area contributed by atoms with Crippen LogP contribution in [0.5, 0.6) is 0 Å². The maximum atomic E-state index is 12.3. The van der Waals surface area contributed by atoms with E-state index in [-0.39, 0.29) is 5.91 Å². The minimum Gasteiger partial charge on any atom is -0.353 e. The third kappa shape index (κ3) is 2.16. The van der Waals surface area contributed by atoms with Crippen molar-refractivity contribution in [2.45, 2.75) is 26.7 Å². The molecule has 3 nitrogen and oxygen atoms in total. The first-order valence-electron chi connectivity index (χ1n) is 6.87. The van der Waals surface area contributed by atoms with Gasteiger partial charge < -0.3 is 10.6 Å². The van der Waals surface area contributed by atoms with Crippen LogP contribution in [0.15, 0.2) is 36.4 Å². The van der Waals surface area contributed by atoms with Gasteiger partial charge in [-0.05, 0) is 48.2 Å². The molecule has 0 atom stereocenters.